The maximum Gasteiger partial charge on any atom is 0.100 e. The number of rotatable bonds is 2. The summed E-state index contributed by atoms with van der Waals surface area (Å²) in [6, 6.07) is 7.37. The molecule has 1 aliphatic carbocycles. The van der Waals surface area contributed by atoms with Gasteiger partial charge in [-0.25, -0.2) is 0 Å². The Morgan fingerprint density at radius 3 is 2.24 bits per heavy atom. The zero-order valence-corrected chi connectivity index (χ0v) is 10.8. The van der Waals surface area contributed by atoms with Crippen LogP contribution in [0.5, 0.6) is 0 Å². The molecule has 1 aromatic carbocycles. The Morgan fingerprint density at radius 2 is 1.76 bits per heavy atom. The standard InChI is InChI=1S/C13H13Cl2NO/c14-9-4-3-5-10(15)11(9)12(17)13(8-16)6-1-2-7-13/h3-5,12,17H,1-2,6-7H2. The Kier molecular flexibility index (Phi) is 3.63. The summed E-state index contributed by atoms with van der Waals surface area (Å²) in [7, 11) is 0. The quantitative estimate of drug-likeness (QED) is 0.878. The molecule has 0 heterocycles. The summed E-state index contributed by atoms with van der Waals surface area (Å²) < 4.78 is 0. The van der Waals surface area contributed by atoms with Crippen LogP contribution in [0.3, 0.4) is 0 Å². The molecule has 2 rings (SSSR count). The van der Waals surface area contributed by atoms with E-state index in [1.54, 1.807) is 18.2 Å². The SMILES string of the molecule is N#CC1(C(O)c2c(Cl)cccc2Cl)CCCC1. The molecule has 1 aromatic rings. The highest BCUT2D eigenvalue weighted by Crippen LogP contribution is 2.49. The topological polar surface area (TPSA) is 44.0 Å². The Balaban J connectivity index is 2.43. The predicted molar refractivity (Wildman–Crippen MR) is 67.9 cm³/mol. The van der Waals surface area contributed by atoms with Crippen molar-refractivity contribution in [3.8, 4) is 6.07 Å². The zero-order valence-electron chi connectivity index (χ0n) is 9.29. The van der Waals surface area contributed by atoms with Crippen LogP contribution in [0, 0.1) is 16.7 Å². The number of aliphatic hydroxyl groups excluding tert-OH is 1. The third kappa shape index (κ3) is 2.15. The van der Waals surface area contributed by atoms with Gasteiger partial charge in [0.2, 0.25) is 0 Å². The van der Waals surface area contributed by atoms with Gasteiger partial charge in [-0.05, 0) is 25.0 Å². The van der Waals surface area contributed by atoms with E-state index in [9.17, 15) is 10.4 Å². The summed E-state index contributed by atoms with van der Waals surface area (Å²) in [5.41, 5.74) is -0.242. The Bertz CT molecular complexity index is 441. The van der Waals surface area contributed by atoms with E-state index in [1.165, 1.54) is 0 Å². The fourth-order valence-corrected chi connectivity index (χ4v) is 3.10. The molecule has 1 fully saturated rings. The molecule has 1 atom stereocenters. The van der Waals surface area contributed by atoms with Gasteiger partial charge in [0.1, 0.15) is 6.10 Å². The van der Waals surface area contributed by atoms with Crippen molar-refractivity contribution in [3.63, 3.8) is 0 Å². The van der Waals surface area contributed by atoms with Gasteiger partial charge in [-0.1, -0.05) is 42.1 Å². The van der Waals surface area contributed by atoms with Crippen LogP contribution >= 0.6 is 23.2 Å². The van der Waals surface area contributed by atoms with E-state index in [0.29, 0.717) is 28.5 Å². The molecule has 1 aliphatic rings. The van der Waals surface area contributed by atoms with Gasteiger partial charge >= 0.3 is 0 Å². The van der Waals surface area contributed by atoms with Gasteiger partial charge in [-0.15, -0.1) is 0 Å². The van der Waals surface area contributed by atoms with E-state index in [4.69, 9.17) is 23.2 Å². The molecular formula is C13H13Cl2NO. The van der Waals surface area contributed by atoms with Gasteiger partial charge in [0.25, 0.3) is 0 Å². The fourth-order valence-electron chi connectivity index (χ4n) is 2.50. The zero-order chi connectivity index (χ0) is 12.5. The van der Waals surface area contributed by atoms with Gasteiger partial charge in [0, 0.05) is 15.6 Å². The second-order valence-corrected chi connectivity index (χ2v) is 5.33. The summed E-state index contributed by atoms with van der Waals surface area (Å²) in [6.07, 6.45) is 2.42. The van der Waals surface area contributed by atoms with Crippen LogP contribution in [-0.2, 0) is 0 Å². The molecule has 90 valence electrons. The highest BCUT2D eigenvalue weighted by Gasteiger charge is 2.43. The molecule has 0 spiro atoms. The summed E-state index contributed by atoms with van der Waals surface area (Å²) in [4.78, 5) is 0. The van der Waals surface area contributed by atoms with Crippen LogP contribution in [-0.4, -0.2) is 5.11 Å². The Morgan fingerprint density at radius 1 is 1.24 bits per heavy atom. The third-order valence-electron chi connectivity index (χ3n) is 3.52. The van der Waals surface area contributed by atoms with E-state index < -0.39 is 11.5 Å². The van der Waals surface area contributed by atoms with Crippen LogP contribution in [0.1, 0.15) is 37.4 Å². The number of nitrogens with zero attached hydrogens (tertiary/aromatic N) is 1. The third-order valence-corrected chi connectivity index (χ3v) is 4.17. The van der Waals surface area contributed by atoms with E-state index in [2.05, 4.69) is 6.07 Å². The van der Waals surface area contributed by atoms with Crippen molar-refractivity contribution in [2.45, 2.75) is 31.8 Å². The van der Waals surface area contributed by atoms with E-state index in [-0.39, 0.29) is 0 Å². The van der Waals surface area contributed by atoms with E-state index in [0.717, 1.165) is 12.8 Å². The van der Waals surface area contributed by atoms with Crippen LogP contribution in [0.2, 0.25) is 10.0 Å². The lowest BCUT2D eigenvalue weighted by Gasteiger charge is -2.28. The fraction of sp³-hybridized carbons (Fsp3) is 0.462. The van der Waals surface area contributed by atoms with Crippen molar-refractivity contribution >= 4 is 23.2 Å². The first-order valence-electron chi connectivity index (χ1n) is 5.64. The predicted octanol–water partition coefficient (Wildman–Crippen LogP) is 4.11. The number of nitriles is 1. The first-order valence-corrected chi connectivity index (χ1v) is 6.39. The van der Waals surface area contributed by atoms with Crippen LogP contribution in [0.15, 0.2) is 18.2 Å². The molecule has 17 heavy (non-hydrogen) atoms. The van der Waals surface area contributed by atoms with Crippen LogP contribution in [0.25, 0.3) is 0 Å². The van der Waals surface area contributed by atoms with Gasteiger partial charge in [-0.2, -0.15) is 5.26 Å². The number of hydrogen-bond donors (Lipinski definition) is 1. The number of hydrogen-bond acceptors (Lipinski definition) is 2. The minimum Gasteiger partial charge on any atom is -0.387 e. The Hall–Kier alpha value is -0.750. The molecule has 1 N–H and O–H groups in total. The molecule has 1 unspecified atom stereocenters. The number of aliphatic hydroxyl groups is 1. The molecule has 1 saturated carbocycles. The maximum absolute atomic E-state index is 10.4. The lowest BCUT2D eigenvalue weighted by molar-refractivity contribution is 0.0673. The molecule has 0 radical (unpaired) electrons. The average Bonchev–Trinajstić information content (AvgIpc) is 2.78. The van der Waals surface area contributed by atoms with Gasteiger partial charge < -0.3 is 5.11 Å². The molecule has 2 nitrogen and oxygen atoms in total. The number of benzene rings is 1. The molecule has 4 heteroatoms. The highest BCUT2D eigenvalue weighted by atomic mass is 35.5. The largest absolute Gasteiger partial charge is 0.387 e. The van der Waals surface area contributed by atoms with Crippen molar-refractivity contribution in [2.24, 2.45) is 5.41 Å². The number of halogens is 2. The molecule has 0 bridgehead atoms. The van der Waals surface area contributed by atoms with Crippen molar-refractivity contribution in [3.05, 3.63) is 33.8 Å². The van der Waals surface area contributed by atoms with Gasteiger partial charge in [-0.3, -0.25) is 0 Å². The second-order valence-electron chi connectivity index (χ2n) is 4.51. The Labute approximate surface area is 111 Å². The maximum atomic E-state index is 10.4. The van der Waals surface area contributed by atoms with Crippen molar-refractivity contribution in [2.75, 3.05) is 0 Å². The second kappa shape index (κ2) is 4.86. The molecular weight excluding hydrogens is 257 g/mol. The van der Waals surface area contributed by atoms with Crippen molar-refractivity contribution in [1.29, 1.82) is 5.26 Å². The van der Waals surface area contributed by atoms with Gasteiger partial charge in [0.15, 0.2) is 0 Å². The summed E-state index contributed by atoms with van der Waals surface area (Å²) in [5, 5.41) is 20.6. The summed E-state index contributed by atoms with van der Waals surface area (Å²) >= 11 is 12.1. The summed E-state index contributed by atoms with van der Waals surface area (Å²) in [5.74, 6) is 0. The normalized spacial score (nSPS) is 19.9. The minimum atomic E-state index is -0.906. The first kappa shape index (κ1) is 12.7. The van der Waals surface area contributed by atoms with Crippen molar-refractivity contribution in [1.82, 2.24) is 0 Å². The lowest BCUT2D eigenvalue weighted by Crippen LogP contribution is -2.24. The average molecular weight is 270 g/mol. The lowest BCUT2D eigenvalue weighted by atomic mass is 9.78. The highest BCUT2D eigenvalue weighted by molar-refractivity contribution is 6.36. The first-order chi connectivity index (χ1) is 8.10. The molecule has 0 aromatic heterocycles. The van der Waals surface area contributed by atoms with Crippen LogP contribution in [0.4, 0.5) is 0 Å². The molecule has 0 amide bonds. The monoisotopic (exact) mass is 269 g/mol. The smallest absolute Gasteiger partial charge is 0.100 e. The molecule has 0 aliphatic heterocycles. The van der Waals surface area contributed by atoms with E-state index in [1.807, 2.05) is 0 Å². The molecule has 0 saturated heterocycles. The van der Waals surface area contributed by atoms with Crippen molar-refractivity contribution < 1.29 is 5.11 Å². The summed E-state index contributed by atoms with van der Waals surface area (Å²) in [6.45, 7) is 0. The van der Waals surface area contributed by atoms with Crippen LogP contribution < -0.4 is 0 Å². The van der Waals surface area contributed by atoms with E-state index >= 15 is 0 Å². The minimum absolute atomic E-state index is 0.423. The van der Waals surface area contributed by atoms with Gasteiger partial charge in [0.05, 0.1) is 11.5 Å².